The molecule has 3 rings (SSSR count). The van der Waals surface area contributed by atoms with Gasteiger partial charge >= 0.3 is 0 Å². The molecule has 98 valence electrons. The monoisotopic (exact) mass is 257 g/mol. The van der Waals surface area contributed by atoms with E-state index in [9.17, 15) is 4.79 Å². The standard InChI is InChI=1S/C14H15N3O2/c18-14(17-7-1-6-15-17)12-2-4-13(5-3-12)16-8-10-19-11-9-16/h1-7H,8-11H2. The predicted molar refractivity (Wildman–Crippen MR) is 71.4 cm³/mol. The smallest absolute Gasteiger partial charge is 0.278 e. The first kappa shape index (κ1) is 11.9. The second-order valence-corrected chi connectivity index (χ2v) is 4.40. The van der Waals surface area contributed by atoms with E-state index in [2.05, 4.69) is 10.00 Å². The molecule has 19 heavy (non-hydrogen) atoms. The van der Waals surface area contributed by atoms with Gasteiger partial charge in [0.05, 0.1) is 13.2 Å². The third-order valence-electron chi connectivity index (χ3n) is 3.20. The average molecular weight is 257 g/mol. The minimum Gasteiger partial charge on any atom is -0.378 e. The first-order valence-corrected chi connectivity index (χ1v) is 6.32. The Balaban J connectivity index is 1.77. The largest absolute Gasteiger partial charge is 0.378 e. The van der Waals surface area contributed by atoms with Crippen LogP contribution in [0.1, 0.15) is 10.4 Å². The van der Waals surface area contributed by atoms with Crippen LogP contribution in [0.4, 0.5) is 5.69 Å². The second kappa shape index (κ2) is 5.24. The topological polar surface area (TPSA) is 47.4 Å². The Labute approximate surface area is 111 Å². The highest BCUT2D eigenvalue weighted by Gasteiger charge is 2.12. The molecule has 0 unspecified atom stereocenters. The molecule has 2 aromatic rings. The van der Waals surface area contributed by atoms with E-state index >= 15 is 0 Å². The Hall–Kier alpha value is -2.14. The molecule has 0 saturated carbocycles. The number of rotatable bonds is 2. The van der Waals surface area contributed by atoms with Crippen LogP contribution in [0.5, 0.6) is 0 Å². The minimum absolute atomic E-state index is 0.112. The maximum Gasteiger partial charge on any atom is 0.278 e. The lowest BCUT2D eigenvalue weighted by Gasteiger charge is -2.28. The molecule has 0 spiro atoms. The van der Waals surface area contributed by atoms with Crippen molar-refractivity contribution in [2.75, 3.05) is 31.2 Å². The van der Waals surface area contributed by atoms with E-state index in [0.29, 0.717) is 5.56 Å². The number of anilines is 1. The fourth-order valence-corrected chi connectivity index (χ4v) is 2.16. The minimum atomic E-state index is -0.112. The van der Waals surface area contributed by atoms with Gasteiger partial charge in [0.2, 0.25) is 0 Å². The van der Waals surface area contributed by atoms with Crippen LogP contribution in [-0.4, -0.2) is 42.0 Å². The molecule has 1 saturated heterocycles. The number of hydrogen-bond donors (Lipinski definition) is 0. The lowest BCUT2D eigenvalue weighted by atomic mass is 10.2. The molecular weight excluding hydrogens is 242 g/mol. The highest BCUT2D eigenvalue weighted by atomic mass is 16.5. The van der Waals surface area contributed by atoms with Gasteiger partial charge in [-0.15, -0.1) is 0 Å². The average Bonchev–Trinajstić information content (AvgIpc) is 3.02. The molecule has 1 aromatic carbocycles. The number of carbonyl (C=O) groups is 1. The fraction of sp³-hybridized carbons (Fsp3) is 0.286. The van der Waals surface area contributed by atoms with Crippen LogP contribution in [-0.2, 0) is 4.74 Å². The van der Waals surface area contributed by atoms with Gasteiger partial charge in [0.15, 0.2) is 0 Å². The second-order valence-electron chi connectivity index (χ2n) is 4.40. The van der Waals surface area contributed by atoms with Crippen molar-refractivity contribution in [2.45, 2.75) is 0 Å². The van der Waals surface area contributed by atoms with E-state index in [-0.39, 0.29) is 5.91 Å². The Morgan fingerprint density at radius 3 is 2.53 bits per heavy atom. The molecule has 0 aliphatic carbocycles. The number of nitrogens with zero attached hydrogens (tertiary/aromatic N) is 3. The molecule has 0 bridgehead atoms. The molecule has 0 amide bonds. The van der Waals surface area contributed by atoms with Crippen LogP contribution in [0.2, 0.25) is 0 Å². The van der Waals surface area contributed by atoms with Gasteiger partial charge in [-0.3, -0.25) is 4.79 Å². The van der Waals surface area contributed by atoms with Crippen LogP contribution in [0.15, 0.2) is 42.7 Å². The number of morpholine rings is 1. The van der Waals surface area contributed by atoms with E-state index in [1.807, 2.05) is 24.3 Å². The summed E-state index contributed by atoms with van der Waals surface area (Å²) in [5.74, 6) is -0.112. The summed E-state index contributed by atoms with van der Waals surface area (Å²) in [6.07, 6.45) is 3.25. The lowest BCUT2D eigenvalue weighted by Crippen LogP contribution is -2.36. The molecule has 5 nitrogen and oxygen atoms in total. The van der Waals surface area contributed by atoms with E-state index in [1.54, 1.807) is 18.5 Å². The summed E-state index contributed by atoms with van der Waals surface area (Å²) in [6, 6.07) is 9.37. The molecule has 1 aromatic heterocycles. The van der Waals surface area contributed by atoms with Crippen LogP contribution < -0.4 is 4.90 Å². The molecule has 0 radical (unpaired) electrons. The zero-order valence-corrected chi connectivity index (χ0v) is 10.5. The van der Waals surface area contributed by atoms with E-state index in [1.165, 1.54) is 4.68 Å². The van der Waals surface area contributed by atoms with Crippen LogP contribution in [0, 0.1) is 0 Å². The number of ether oxygens (including phenoxy) is 1. The fourth-order valence-electron chi connectivity index (χ4n) is 2.16. The summed E-state index contributed by atoms with van der Waals surface area (Å²) in [7, 11) is 0. The van der Waals surface area contributed by atoms with Gasteiger partial charge in [-0.2, -0.15) is 5.10 Å². The molecule has 1 aliphatic rings. The SMILES string of the molecule is O=C(c1ccc(N2CCOCC2)cc1)n1cccn1. The van der Waals surface area contributed by atoms with Gasteiger partial charge in [0.1, 0.15) is 0 Å². The molecule has 0 N–H and O–H groups in total. The number of carbonyl (C=O) groups excluding carboxylic acids is 1. The van der Waals surface area contributed by atoms with Crippen molar-refractivity contribution in [3.63, 3.8) is 0 Å². The Morgan fingerprint density at radius 1 is 1.16 bits per heavy atom. The summed E-state index contributed by atoms with van der Waals surface area (Å²) in [5.41, 5.74) is 1.76. The molecule has 2 heterocycles. The van der Waals surface area contributed by atoms with Crippen molar-refractivity contribution in [2.24, 2.45) is 0 Å². The van der Waals surface area contributed by atoms with Crippen LogP contribution in [0.3, 0.4) is 0 Å². The molecule has 1 aliphatic heterocycles. The van der Waals surface area contributed by atoms with E-state index in [4.69, 9.17) is 4.74 Å². The molecular formula is C14H15N3O2. The number of aromatic nitrogens is 2. The van der Waals surface area contributed by atoms with Crippen molar-refractivity contribution < 1.29 is 9.53 Å². The summed E-state index contributed by atoms with van der Waals surface area (Å²) < 4.78 is 6.66. The van der Waals surface area contributed by atoms with Crippen molar-refractivity contribution in [1.29, 1.82) is 0 Å². The first-order chi connectivity index (χ1) is 9.34. The Kier molecular flexibility index (Phi) is 3.29. The van der Waals surface area contributed by atoms with Gasteiger partial charge in [0, 0.05) is 36.7 Å². The third kappa shape index (κ3) is 2.51. The van der Waals surface area contributed by atoms with Gasteiger partial charge in [-0.05, 0) is 30.3 Å². The summed E-state index contributed by atoms with van der Waals surface area (Å²) in [4.78, 5) is 14.3. The van der Waals surface area contributed by atoms with Crippen LogP contribution in [0.25, 0.3) is 0 Å². The van der Waals surface area contributed by atoms with Gasteiger partial charge in [-0.25, -0.2) is 4.68 Å². The first-order valence-electron chi connectivity index (χ1n) is 6.32. The predicted octanol–water partition coefficient (Wildman–Crippen LogP) is 1.41. The maximum atomic E-state index is 12.1. The quantitative estimate of drug-likeness (QED) is 0.816. The number of benzene rings is 1. The summed E-state index contributed by atoms with van der Waals surface area (Å²) in [6.45, 7) is 3.31. The van der Waals surface area contributed by atoms with Crippen molar-refractivity contribution in [3.05, 3.63) is 48.3 Å². The Bertz CT molecular complexity index is 543. The number of hydrogen-bond acceptors (Lipinski definition) is 4. The normalized spacial score (nSPS) is 15.5. The third-order valence-corrected chi connectivity index (χ3v) is 3.20. The highest BCUT2D eigenvalue weighted by Crippen LogP contribution is 2.17. The molecule has 0 atom stereocenters. The van der Waals surface area contributed by atoms with Crippen LogP contribution >= 0.6 is 0 Å². The molecule has 5 heteroatoms. The zero-order chi connectivity index (χ0) is 13.1. The maximum absolute atomic E-state index is 12.1. The van der Waals surface area contributed by atoms with Crippen molar-refractivity contribution in [1.82, 2.24) is 9.78 Å². The summed E-state index contributed by atoms with van der Waals surface area (Å²) >= 11 is 0. The summed E-state index contributed by atoms with van der Waals surface area (Å²) in [5, 5.41) is 3.94. The van der Waals surface area contributed by atoms with E-state index in [0.717, 1.165) is 32.0 Å². The van der Waals surface area contributed by atoms with E-state index < -0.39 is 0 Å². The Morgan fingerprint density at radius 2 is 1.89 bits per heavy atom. The van der Waals surface area contributed by atoms with Crippen molar-refractivity contribution in [3.8, 4) is 0 Å². The lowest BCUT2D eigenvalue weighted by molar-refractivity contribution is 0.0945. The molecule has 1 fully saturated rings. The van der Waals surface area contributed by atoms with Crippen molar-refractivity contribution >= 4 is 11.6 Å². The highest BCUT2D eigenvalue weighted by molar-refractivity contribution is 5.95. The van der Waals surface area contributed by atoms with Gasteiger partial charge < -0.3 is 9.64 Å². The van der Waals surface area contributed by atoms with Gasteiger partial charge in [0.25, 0.3) is 5.91 Å². The van der Waals surface area contributed by atoms with Gasteiger partial charge in [-0.1, -0.05) is 0 Å². The zero-order valence-electron chi connectivity index (χ0n) is 10.5.